The van der Waals surface area contributed by atoms with Gasteiger partial charge in [-0.05, 0) is 36.4 Å². The van der Waals surface area contributed by atoms with Crippen LogP contribution in [0.25, 0.3) is 5.65 Å². The lowest BCUT2D eigenvalue weighted by molar-refractivity contribution is 0.0468. The van der Waals surface area contributed by atoms with Crippen molar-refractivity contribution in [2.45, 2.75) is 25.3 Å². The molecular formula is C19H20ClN3O4S. The van der Waals surface area contributed by atoms with Gasteiger partial charge in [0.2, 0.25) is 10.0 Å². The number of imidazole rings is 1. The van der Waals surface area contributed by atoms with Crippen molar-refractivity contribution >= 4 is 33.2 Å². The van der Waals surface area contributed by atoms with Crippen LogP contribution in [0.4, 0.5) is 0 Å². The Labute approximate surface area is 168 Å². The molecule has 9 heteroatoms. The molecule has 0 radical (unpaired) electrons. The number of halogens is 1. The lowest BCUT2D eigenvalue weighted by Crippen LogP contribution is -2.30. The second-order valence-corrected chi connectivity index (χ2v) is 8.41. The predicted octanol–water partition coefficient (Wildman–Crippen LogP) is 3.38. The van der Waals surface area contributed by atoms with Gasteiger partial charge in [-0.25, -0.2) is 18.2 Å². The number of pyridine rings is 1. The van der Waals surface area contributed by atoms with Gasteiger partial charge in [-0.15, -0.1) is 0 Å². The van der Waals surface area contributed by atoms with E-state index in [9.17, 15) is 13.2 Å². The van der Waals surface area contributed by atoms with Gasteiger partial charge in [0, 0.05) is 25.5 Å². The summed E-state index contributed by atoms with van der Waals surface area (Å²) in [6.07, 6.45) is 3.44. The number of aromatic nitrogens is 2. The molecule has 0 unspecified atom stereocenters. The molecule has 3 aromatic rings. The number of ether oxygens (including phenoxy) is 1. The van der Waals surface area contributed by atoms with Gasteiger partial charge in [0.25, 0.3) is 0 Å². The number of carbonyl (C=O) groups excluding carboxylic acids is 1. The largest absolute Gasteiger partial charge is 0.456 e. The molecule has 0 saturated heterocycles. The van der Waals surface area contributed by atoms with Crippen molar-refractivity contribution in [2.24, 2.45) is 0 Å². The molecular weight excluding hydrogens is 402 g/mol. The molecule has 148 valence electrons. The summed E-state index contributed by atoms with van der Waals surface area (Å²) in [7, 11) is -3.56. The van der Waals surface area contributed by atoms with Gasteiger partial charge in [-0.2, -0.15) is 4.31 Å². The first kappa shape index (κ1) is 20.3. The first-order valence-electron chi connectivity index (χ1n) is 8.75. The van der Waals surface area contributed by atoms with Crippen molar-refractivity contribution in [2.75, 3.05) is 13.1 Å². The summed E-state index contributed by atoms with van der Waals surface area (Å²) in [6, 6.07) is 9.22. The van der Waals surface area contributed by atoms with Gasteiger partial charge in [-0.3, -0.25) is 0 Å². The summed E-state index contributed by atoms with van der Waals surface area (Å²) in [5.74, 6) is -0.554. The molecule has 0 N–H and O–H groups in total. The second kappa shape index (κ2) is 8.30. The van der Waals surface area contributed by atoms with Crippen LogP contribution in [0.5, 0.6) is 0 Å². The van der Waals surface area contributed by atoms with Gasteiger partial charge in [0.1, 0.15) is 12.3 Å². The average Bonchev–Trinajstić information content (AvgIpc) is 3.09. The van der Waals surface area contributed by atoms with Crippen LogP contribution in [0.15, 0.2) is 53.7 Å². The fourth-order valence-corrected chi connectivity index (χ4v) is 4.41. The van der Waals surface area contributed by atoms with Crippen molar-refractivity contribution in [3.05, 3.63) is 65.1 Å². The van der Waals surface area contributed by atoms with E-state index < -0.39 is 16.0 Å². The van der Waals surface area contributed by atoms with Gasteiger partial charge < -0.3 is 9.14 Å². The van der Waals surface area contributed by atoms with Crippen molar-refractivity contribution in [3.8, 4) is 0 Å². The normalized spacial score (nSPS) is 11.9. The Hall–Kier alpha value is -2.42. The molecule has 3 rings (SSSR count). The fourth-order valence-electron chi connectivity index (χ4n) is 2.79. The lowest BCUT2D eigenvalue weighted by Gasteiger charge is -2.18. The zero-order chi connectivity index (χ0) is 20.3. The van der Waals surface area contributed by atoms with E-state index in [0.29, 0.717) is 29.5 Å². The molecule has 0 bridgehead atoms. The molecule has 0 saturated carbocycles. The minimum Gasteiger partial charge on any atom is -0.456 e. The SMILES string of the molecule is CCN(CC)S(=O)(=O)c1ccc(C(=O)OCc2cn3cc(Cl)ccc3n2)cc1. The number of rotatable bonds is 7. The van der Waals surface area contributed by atoms with E-state index in [1.807, 2.05) is 0 Å². The zero-order valence-electron chi connectivity index (χ0n) is 15.5. The molecule has 1 aromatic carbocycles. The van der Waals surface area contributed by atoms with Crippen LogP contribution in [-0.2, 0) is 21.4 Å². The summed E-state index contributed by atoms with van der Waals surface area (Å²) in [6.45, 7) is 4.32. The minimum atomic E-state index is -3.56. The zero-order valence-corrected chi connectivity index (χ0v) is 17.1. The second-order valence-electron chi connectivity index (χ2n) is 6.03. The van der Waals surface area contributed by atoms with Crippen LogP contribution in [0, 0.1) is 0 Å². The Balaban J connectivity index is 1.69. The van der Waals surface area contributed by atoms with E-state index in [0.717, 1.165) is 0 Å². The highest BCUT2D eigenvalue weighted by Crippen LogP contribution is 2.17. The van der Waals surface area contributed by atoms with Crippen LogP contribution in [0.1, 0.15) is 29.9 Å². The summed E-state index contributed by atoms with van der Waals surface area (Å²) in [5, 5.41) is 0.577. The number of sulfonamides is 1. The van der Waals surface area contributed by atoms with E-state index in [1.165, 1.54) is 28.6 Å². The Morgan fingerprint density at radius 3 is 2.43 bits per heavy atom. The summed E-state index contributed by atoms with van der Waals surface area (Å²) < 4.78 is 33.4. The molecule has 7 nitrogen and oxygen atoms in total. The number of hydrogen-bond acceptors (Lipinski definition) is 5. The first-order chi connectivity index (χ1) is 13.3. The van der Waals surface area contributed by atoms with Crippen molar-refractivity contribution in [1.82, 2.24) is 13.7 Å². The molecule has 0 aliphatic rings. The van der Waals surface area contributed by atoms with Crippen LogP contribution < -0.4 is 0 Å². The highest BCUT2D eigenvalue weighted by Gasteiger charge is 2.21. The number of benzene rings is 1. The lowest BCUT2D eigenvalue weighted by atomic mass is 10.2. The number of esters is 1. The van der Waals surface area contributed by atoms with E-state index in [-0.39, 0.29) is 17.1 Å². The molecule has 0 spiro atoms. The highest BCUT2D eigenvalue weighted by molar-refractivity contribution is 7.89. The van der Waals surface area contributed by atoms with Crippen LogP contribution in [-0.4, -0.2) is 41.2 Å². The molecule has 0 amide bonds. The molecule has 2 heterocycles. The highest BCUT2D eigenvalue weighted by atomic mass is 35.5. The summed E-state index contributed by atoms with van der Waals surface area (Å²) in [4.78, 5) is 16.7. The molecule has 0 aliphatic carbocycles. The maximum atomic E-state index is 12.5. The smallest absolute Gasteiger partial charge is 0.338 e. The molecule has 0 fully saturated rings. The van der Waals surface area contributed by atoms with Crippen molar-refractivity contribution < 1.29 is 17.9 Å². The van der Waals surface area contributed by atoms with Gasteiger partial charge in [-0.1, -0.05) is 25.4 Å². The molecule has 0 atom stereocenters. The minimum absolute atomic E-state index is 0.00235. The van der Waals surface area contributed by atoms with E-state index >= 15 is 0 Å². The van der Waals surface area contributed by atoms with Crippen LogP contribution in [0.2, 0.25) is 5.02 Å². The maximum Gasteiger partial charge on any atom is 0.338 e. The average molecular weight is 422 g/mol. The Kier molecular flexibility index (Phi) is 6.02. The Morgan fingerprint density at radius 2 is 1.79 bits per heavy atom. The summed E-state index contributed by atoms with van der Waals surface area (Å²) in [5.41, 5.74) is 1.54. The maximum absolute atomic E-state index is 12.5. The van der Waals surface area contributed by atoms with Crippen LogP contribution >= 0.6 is 11.6 Å². The third-order valence-corrected chi connectivity index (χ3v) is 6.54. The predicted molar refractivity (Wildman–Crippen MR) is 106 cm³/mol. The van der Waals surface area contributed by atoms with Crippen molar-refractivity contribution in [3.63, 3.8) is 0 Å². The molecule has 0 aliphatic heterocycles. The number of fused-ring (bicyclic) bond motifs is 1. The van der Waals surface area contributed by atoms with Gasteiger partial charge in [0.15, 0.2) is 0 Å². The monoisotopic (exact) mass is 421 g/mol. The topological polar surface area (TPSA) is 81.0 Å². The van der Waals surface area contributed by atoms with Crippen molar-refractivity contribution in [1.29, 1.82) is 0 Å². The summed E-state index contributed by atoms with van der Waals surface area (Å²) >= 11 is 5.94. The van der Waals surface area contributed by atoms with Gasteiger partial charge >= 0.3 is 5.97 Å². The third-order valence-electron chi connectivity index (χ3n) is 4.25. The Morgan fingerprint density at radius 1 is 1.11 bits per heavy atom. The van der Waals surface area contributed by atoms with E-state index in [4.69, 9.17) is 16.3 Å². The fraction of sp³-hybridized carbons (Fsp3) is 0.263. The number of hydrogen-bond donors (Lipinski definition) is 0. The number of nitrogens with zero attached hydrogens (tertiary/aromatic N) is 3. The quantitative estimate of drug-likeness (QED) is 0.546. The number of carbonyl (C=O) groups is 1. The van der Waals surface area contributed by atoms with Gasteiger partial charge in [0.05, 0.1) is 21.2 Å². The standard InChI is InChI=1S/C19H20ClN3O4S/c1-3-23(4-2)28(25,26)17-8-5-14(6-9-17)19(24)27-13-16-12-22-11-15(20)7-10-18(22)21-16/h5-12H,3-4,13H2,1-2H3. The molecule has 28 heavy (non-hydrogen) atoms. The van der Waals surface area contributed by atoms with E-state index in [2.05, 4.69) is 4.98 Å². The van der Waals surface area contributed by atoms with Crippen LogP contribution in [0.3, 0.4) is 0 Å². The Bertz CT molecular complexity index is 1090. The molecule has 2 aromatic heterocycles. The third kappa shape index (κ3) is 4.19. The first-order valence-corrected chi connectivity index (χ1v) is 10.6. The van der Waals surface area contributed by atoms with E-state index in [1.54, 1.807) is 42.8 Å².